The molecule has 0 bridgehead atoms. The summed E-state index contributed by atoms with van der Waals surface area (Å²) in [6.45, 7) is 0.335. The van der Waals surface area contributed by atoms with Gasteiger partial charge in [-0.2, -0.15) is 0 Å². The molecule has 0 spiro atoms. The molecule has 0 aliphatic carbocycles. The normalized spacial score (nSPS) is 10.3. The molecular weight excluding hydrogens is 336 g/mol. The number of nitrogens with zero attached hydrogens (tertiary/aromatic N) is 2. The molecule has 1 amide bonds. The summed E-state index contributed by atoms with van der Waals surface area (Å²) in [5, 5.41) is 0.617. The fourth-order valence-electron chi connectivity index (χ4n) is 2.46. The second kappa shape index (κ2) is 7.81. The fraction of sp³-hybridized carbons (Fsp3) is 0.100. The first-order valence-electron chi connectivity index (χ1n) is 7.79. The quantitative estimate of drug-likeness (QED) is 0.674. The van der Waals surface area contributed by atoms with Crippen molar-refractivity contribution < 1.29 is 9.53 Å². The predicted octanol–water partition coefficient (Wildman–Crippen LogP) is 4.59. The van der Waals surface area contributed by atoms with Gasteiger partial charge in [-0.15, -0.1) is 0 Å². The van der Waals surface area contributed by atoms with Crippen LogP contribution in [0.5, 0.6) is 5.75 Å². The second-order valence-electron chi connectivity index (χ2n) is 5.40. The van der Waals surface area contributed by atoms with Gasteiger partial charge < -0.3 is 4.74 Å². The zero-order chi connectivity index (χ0) is 17.6. The van der Waals surface area contributed by atoms with Crippen LogP contribution in [0.4, 0.5) is 5.82 Å². The molecule has 0 atom stereocenters. The summed E-state index contributed by atoms with van der Waals surface area (Å²) in [7, 11) is 1.59. The Balaban J connectivity index is 1.95. The van der Waals surface area contributed by atoms with E-state index in [0.717, 1.165) is 5.56 Å². The van der Waals surface area contributed by atoms with Crippen molar-refractivity contribution in [1.29, 1.82) is 0 Å². The molecule has 25 heavy (non-hydrogen) atoms. The molecule has 0 saturated heterocycles. The van der Waals surface area contributed by atoms with Crippen LogP contribution in [0.1, 0.15) is 15.9 Å². The van der Waals surface area contributed by atoms with E-state index >= 15 is 0 Å². The van der Waals surface area contributed by atoms with E-state index in [2.05, 4.69) is 4.98 Å². The molecule has 0 unspecified atom stereocenters. The number of rotatable bonds is 5. The molecule has 4 nitrogen and oxygen atoms in total. The molecule has 1 aromatic heterocycles. The molecule has 2 aromatic carbocycles. The van der Waals surface area contributed by atoms with Crippen LogP contribution in [-0.2, 0) is 6.54 Å². The van der Waals surface area contributed by atoms with Crippen molar-refractivity contribution in [2.45, 2.75) is 6.54 Å². The molecular formula is C20H17ClN2O2. The highest BCUT2D eigenvalue weighted by Crippen LogP contribution is 2.23. The van der Waals surface area contributed by atoms with Gasteiger partial charge in [0.15, 0.2) is 0 Å². The number of amides is 1. The Morgan fingerprint density at radius 1 is 1.04 bits per heavy atom. The Bertz CT molecular complexity index is 851. The van der Waals surface area contributed by atoms with Crippen molar-refractivity contribution in [2.24, 2.45) is 0 Å². The van der Waals surface area contributed by atoms with Crippen LogP contribution in [-0.4, -0.2) is 18.0 Å². The van der Waals surface area contributed by atoms with Crippen LogP contribution in [0.2, 0.25) is 5.02 Å². The molecule has 126 valence electrons. The highest BCUT2D eigenvalue weighted by atomic mass is 35.5. The number of hydrogen-bond acceptors (Lipinski definition) is 3. The predicted molar refractivity (Wildman–Crippen MR) is 99.2 cm³/mol. The molecule has 0 N–H and O–H groups in total. The van der Waals surface area contributed by atoms with Gasteiger partial charge in [-0.25, -0.2) is 4.98 Å². The maximum Gasteiger partial charge on any atom is 0.259 e. The van der Waals surface area contributed by atoms with E-state index < -0.39 is 0 Å². The van der Waals surface area contributed by atoms with Gasteiger partial charge in [0, 0.05) is 16.8 Å². The third-order valence-electron chi connectivity index (χ3n) is 3.79. The van der Waals surface area contributed by atoms with Crippen LogP contribution in [0.3, 0.4) is 0 Å². The van der Waals surface area contributed by atoms with Gasteiger partial charge in [-0.3, -0.25) is 9.69 Å². The largest absolute Gasteiger partial charge is 0.497 e. The smallest absolute Gasteiger partial charge is 0.259 e. The molecule has 0 saturated carbocycles. The van der Waals surface area contributed by atoms with Gasteiger partial charge in [0.05, 0.1) is 13.7 Å². The minimum atomic E-state index is -0.152. The monoisotopic (exact) mass is 352 g/mol. The number of hydrogen-bond donors (Lipinski definition) is 0. The number of methoxy groups -OCH3 is 1. The molecule has 1 heterocycles. The Morgan fingerprint density at radius 2 is 1.76 bits per heavy atom. The molecule has 0 aliphatic heterocycles. The Labute approximate surface area is 151 Å². The fourth-order valence-corrected chi connectivity index (χ4v) is 2.65. The summed E-state index contributed by atoms with van der Waals surface area (Å²) < 4.78 is 5.15. The number of anilines is 1. The molecule has 0 aliphatic rings. The lowest BCUT2D eigenvalue weighted by molar-refractivity contribution is 0.0984. The number of benzene rings is 2. The van der Waals surface area contributed by atoms with E-state index in [1.54, 1.807) is 48.5 Å². The van der Waals surface area contributed by atoms with Crippen molar-refractivity contribution >= 4 is 23.3 Å². The molecule has 0 radical (unpaired) electrons. The standard InChI is InChI=1S/C20H17ClN2O2/c1-25-17-11-9-15(10-12-17)20(24)23(19-8-4-5-13-22-19)14-16-6-2-3-7-18(16)21/h2-13H,14H2,1H3. The van der Waals surface area contributed by atoms with Crippen molar-refractivity contribution in [3.8, 4) is 5.75 Å². The molecule has 3 aromatic rings. The van der Waals surface area contributed by atoms with Crippen molar-refractivity contribution in [3.05, 3.63) is 89.1 Å². The lowest BCUT2D eigenvalue weighted by Crippen LogP contribution is -2.31. The highest BCUT2D eigenvalue weighted by molar-refractivity contribution is 6.31. The zero-order valence-electron chi connectivity index (χ0n) is 13.7. The van der Waals surface area contributed by atoms with Crippen molar-refractivity contribution in [1.82, 2.24) is 4.98 Å². The van der Waals surface area contributed by atoms with Gasteiger partial charge in [-0.1, -0.05) is 35.9 Å². The van der Waals surface area contributed by atoms with Gasteiger partial charge in [-0.05, 0) is 48.0 Å². The zero-order valence-corrected chi connectivity index (χ0v) is 14.5. The Kier molecular flexibility index (Phi) is 5.31. The van der Waals surface area contributed by atoms with Crippen LogP contribution in [0, 0.1) is 0 Å². The van der Waals surface area contributed by atoms with Crippen LogP contribution >= 0.6 is 11.6 Å². The summed E-state index contributed by atoms with van der Waals surface area (Å²) >= 11 is 6.27. The van der Waals surface area contributed by atoms with E-state index in [1.165, 1.54) is 0 Å². The lowest BCUT2D eigenvalue weighted by Gasteiger charge is -2.22. The van der Waals surface area contributed by atoms with E-state index in [9.17, 15) is 4.79 Å². The third-order valence-corrected chi connectivity index (χ3v) is 4.16. The lowest BCUT2D eigenvalue weighted by atomic mass is 10.1. The SMILES string of the molecule is COc1ccc(C(=O)N(Cc2ccccc2Cl)c2ccccn2)cc1. The number of carbonyl (C=O) groups excluding carboxylic acids is 1. The number of pyridine rings is 1. The maximum atomic E-state index is 13.1. The summed E-state index contributed by atoms with van der Waals surface area (Å²) in [5.41, 5.74) is 1.41. The van der Waals surface area contributed by atoms with Crippen LogP contribution < -0.4 is 9.64 Å². The highest BCUT2D eigenvalue weighted by Gasteiger charge is 2.20. The third kappa shape index (κ3) is 3.98. The van der Waals surface area contributed by atoms with E-state index in [4.69, 9.17) is 16.3 Å². The van der Waals surface area contributed by atoms with Crippen molar-refractivity contribution in [2.75, 3.05) is 12.0 Å². The van der Waals surface area contributed by atoms with Crippen LogP contribution in [0.15, 0.2) is 72.9 Å². The van der Waals surface area contributed by atoms with E-state index in [0.29, 0.717) is 28.7 Å². The molecule has 0 fully saturated rings. The van der Waals surface area contributed by atoms with E-state index in [-0.39, 0.29) is 5.91 Å². The topological polar surface area (TPSA) is 42.4 Å². The Hall–Kier alpha value is -2.85. The summed E-state index contributed by atoms with van der Waals surface area (Å²) in [5.74, 6) is 1.12. The van der Waals surface area contributed by atoms with Gasteiger partial charge in [0.2, 0.25) is 0 Å². The first kappa shape index (κ1) is 17.0. The van der Waals surface area contributed by atoms with Crippen molar-refractivity contribution in [3.63, 3.8) is 0 Å². The first-order chi connectivity index (χ1) is 12.2. The molecule has 5 heteroatoms. The average Bonchev–Trinajstić information content (AvgIpc) is 2.67. The summed E-state index contributed by atoms with van der Waals surface area (Å²) in [6.07, 6.45) is 1.66. The number of carbonyl (C=O) groups is 1. The maximum absolute atomic E-state index is 13.1. The number of halogens is 1. The van der Waals surface area contributed by atoms with Gasteiger partial charge in [0.1, 0.15) is 11.6 Å². The minimum Gasteiger partial charge on any atom is -0.497 e. The average molecular weight is 353 g/mol. The number of ether oxygens (including phenoxy) is 1. The van der Waals surface area contributed by atoms with Gasteiger partial charge in [0.25, 0.3) is 5.91 Å². The molecule has 3 rings (SSSR count). The van der Waals surface area contributed by atoms with E-state index in [1.807, 2.05) is 36.4 Å². The number of aromatic nitrogens is 1. The second-order valence-corrected chi connectivity index (χ2v) is 5.81. The summed E-state index contributed by atoms with van der Waals surface area (Å²) in [4.78, 5) is 19.0. The van der Waals surface area contributed by atoms with Gasteiger partial charge >= 0.3 is 0 Å². The summed E-state index contributed by atoms with van der Waals surface area (Å²) in [6, 6.07) is 19.9. The minimum absolute atomic E-state index is 0.152. The Morgan fingerprint density at radius 3 is 2.40 bits per heavy atom. The van der Waals surface area contributed by atoms with Crippen LogP contribution in [0.25, 0.3) is 0 Å². The first-order valence-corrected chi connectivity index (χ1v) is 8.17.